The Labute approximate surface area is 118 Å². The van der Waals surface area contributed by atoms with Crippen molar-refractivity contribution in [2.24, 2.45) is 0 Å². The second kappa shape index (κ2) is 5.85. The topological polar surface area (TPSA) is 46.9 Å². The number of imidazole rings is 1. The van der Waals surface area contributed by atoms with Crippen LogP contribution in [-0.2, 0) is 29.9 Å². The molecule has 4 nitrogen and oxygen atoms in total. The summed E-state index contributed by atoms with van der Waals surface area (Å²) in [6.07, 6.45) is -1.91. The maximum atomic E-state index is 13.1. The predicted octanol–water partition coefficient (Wildman–Crippen LogP) is 1.88. The SMILES string of the molecule is CC(CCS(C)=O)n1c(C(F)(F)F)nc2c1CCNC2. The Balaban J connectivity index is 2.38. The molecule has 8 heteroatoms. The highest BCUT2D eigenvalue weighted by Gasteiger charge is 2.40. The highest BCUT2D eigenvalue weighted by molar-refractivity contribution is 7.84. The molecule has 0 radical (unpaired) electrons. The van der Waals surface area contributed by atoms with Gasteiger partial charge in [0.05, 0.1) is 5.69 Å². The van der Waals surface area contributed by atoms with E-state index in [-0.39, 0.29) is 6.04 Å². The number of nitrogens with zero attached hydrogens (tertiary/aromatic N) is 2. The van der Waals surface area contributed by atoms with Gasteiger partial charge in [-0.3, -0.25) is 4.21 Å². The van der Waals surface area contributed by atoms with Crippen molar-refractivity contribution in [3.05, 3.63) is 17.2 Å². The first-order chi connectivity index (χ1) is 9.30. The van der Waals surface area contributed by atoms with Gasteiger partial charge < -0.3 is 9.88 Å². The van der Waals surface area contributed by atoms with Gasteiger partial charge in [-0.25, -0.2) is 4.98 Å². The number of rotatable bonds is 4. The van der Waals surface area contributed by atoms with E-state index in [9.17, 15) is 17.4 Å². The van der Waals surface area contributed by atoms with Crippen molar-refractivity contribution >= 4 is 10.8 Å². The average molecular weight is 309 g/mol. The molecule has 2 rings (SSSR count). The van der Waals surface area contributed by atoms with Crippen LogP contribution in [0, 0.1) is 0 Å². The molecule has 0 saturated heterocycles. The first-order valence-electron chi connectivity index (χ1n) is 6.48. The van der Waals surface area contributed by atoms with Crippen LogP contribution < -0.4 is 5.32 Å². The third-order valence-electron chi connectivity index (χ3n) is 3.44. The normalized spacial score (nSPS) is 18.6. The van der Waals surface area contributed by atoms with Crippen LogP contribution in [0.2, 0.25) is 0 Å². The molecule has 0 bridgehead atoms. The highest BCUT2D eigenvalue weighted by Crippen LogP contribution is 2.34. The third-order valence-corrected chi connectivity index (χ3v) is 4.25. The van der Waals surface area contributed by atoms with Gasteiger partial charge in [-0.2, -0.15) is 13.2 Å². The summed E-state index contributed by atoms with van der Waals surface area (Å²) >= 11 is 0. The van der Waals surface area contributed by atoms with E-state index in [1.54, 1.807) is 13.2 Å². The Morgan fingerprint density at radius 2 is 2.20 bits per heavy atom. The fourth-order valence-corrected chi connectivity index (χ4v) is 3.15. The van der Waals surface area contributed by atoms with E-state index in [1.165, 1.54) is 4.57 Å². The second-order valence-corrected chi connectivity index (χ2v) is 6.59. The van der Waals surface area contributed by atoms with Gasteiger partial charge in [-0.1, -0.05) is 0 Å². The fraction of sp³-hybridized carbons (Fsp3) is 0.750. The van der Waals surface area contributed by atoms with Gasteiger partial charge in [0.15, 0.2) is 0 Å². The Bertz CT molecular complexity index is 513. The largest absolute Gasteiger partial charge is 0.449 e. The van der Waals surface area contributed by atoms with Crippen LogP contribution in [0.4, 0.5) is 13.2 Å². The van der Waals surface area contributed by atoms with Crippen LogP contribution in [0.15, 0.2) is 0 Å². The number of aromatic nitrogens is 2. The zero-order valence-electron chi connectivity index (χ0n) is 11.5. The van der Waals surface area contributed by atoms with E-state index >= 15 is 0 Å². The molecule has 0 spiro atoms. The average Bonchev–Trinajstić information content (AvgIpc) is 2.75. The smallest absolute Gasteiger partial charge is 0.321 e. The summed E-state index contributed by atoms with van der Waals surface area (Å²) in [6.45, 7) is 2.76. The van der Waals surface area contributed by atoms with E-state index in [2.05, 4.69) is 10.3 Å². The van der Waals surface area contributed by atoms with Crippen LogP contribution in [0.1, 0.15) is 36.6 Å². The molecular formula is C12H18F3N3OS. The van der Waals surface area contributed by atoms with E-state index < -0.39 is 22.8 Å². The van der Waals surface area contributed by atoms with Crippen LogP contribution in [0.5, 0.6) is 0 Å². The van der Waals surface area contributed by atoms with Crippen molar-refractivity contribution in [3.8, 4) is 0 Å². The Morgan fingerprint density at radius 1 is 1.50 bits per heavy atom. The molecule has 0 aliphatic carbocycles. The summed E-state index contributed by atoms with van der Waals surface area (Å²) in [5, 5.41) is 3.03. The lowest BCUT2D eigenvalue weighted by Crippen LogP contribution is -2.26. The van der Waals surface area contributed by atoms with Crippen molar-refractivity contribution in [2.75, 3.05) is 18.6 Å². The standard InChI is InChI=1S/C12H18F3N3OS/c1-8(4-6-20(2)19)18-10-3-5-16-7-9(10)17-11(18)12(13,14)15/h8,16H,3-7H2,1-2H3. The molecule has 1 aromatic heterocycles. The molecule has 1 aliphatic heterocycles. The molecule has 0 amide bonds. The van der Waals surface area contributed by atoms with Crippen LogP contribution in [0.25, 0.3) is 0 Å². The quantitative estimate of drug-likeness (QED) is 0.924. The predicted molar refractivity (Wildman–Crippen MR) is 70.9 cm³/mol. The number of hydrogen-bond acceptors (Lipinski definition) is 3. The minimum Gasteiger partial charge on any atom is -0.321 e. The van der Waals surface area contributed by atoms with Crippen molar-refractivity contribution in [1.29, 1.82) is 0 Å². The molecule has 0 aromatic carbocycles. The molecule has 2 unspecified atom stereocenters. The summed E-state index contributed by atoms with van der Waals surface area (Å²) in [5.41, 5.74) is 1.14. The molecule has 1 aromatic rings. The first-order valence-corrected chi connectivity index (χ1v) is 8.21. The number of alkyl halides is 3. The summed E-state index contributed by atoms with van der Waals surface area (Å²) in [7, 11) is -1.00. The van der Waals surface area contributed by atoms with Gasteiger partial charge in [0.25, 0.3) is 0 Å². The Hall–Kier alpha value is -0.890. The van der Waals surface area contributed by atoms with Crippen molar-refractivity contribution in [3.63, 3.8) is 0 Å². The minimum atomic E-state index is -4.46. The van der Waals surface area contributed by atoms with E-state index in [1.807, 2.05) is 0 Å². The monoisotopic (exact) mass is 309 g/mol. The summed E-state index contributed by atoms with van der Waals surface area (Å²) in [5.74, 6) is -0.440. The number of nitrogens with one attached hydrogen (secondary N) is 1. The van der Waals surface area contributed by atoms with E-state index in [0.717, 1.165) is 0 Å². The molecular weight excluding hydrogens is 291 g/mol. The lowest BCUT2D eigenvalue weighted by Gasteiger charge is -2.22. The van der Waals surface area contributed by atoms with Gasteiger partial charge in [-0.05, 0) is 13.3 Å². The van der Waals surface area contributed by atoms with E-state index in [0.29, 0.717) is 43.1 Å². The van der Waals surface area contributed by atoms with Crippen LogP contribution in [0.3, 0.4) is 0 Å². The zero-order chi connectivity index (χ0) is 14.9. The summed E-state index contributed by atoms with van der Waals surface area (Å²) in [4.78, 5) is 3.77. The van der Waals surface area contributed by atoms with Gasteiger partial charge >= 0.3 is 6.18 Å². The molecule has 20 heavy (non-hydrogen) atoms. The Kier molecular flexibility index (Phi) is 4.53. The molecule has 0 fully saturated rings. The minimum absolute atomic E-state index is 0.357. The Morgan fingerprint density at radius 3 is 2.80 bits per heavy atom. The summed E-state index contributed by atoms with van der Waals surface area (Å²) < 4.78 is 51.8. The number of hydrogen-bond donors (Lipinski definition) is 1. The molecule has 114 valence electrons. The highest BCUT2D eigenvalue weighted by atomic mass is 32.2. The number of fused-ring (bicyclic) bond motifs is 1. The second-order valence-electron chi connectivity index (χ2n) is 5.04. The van der Waals surface area contributed by atoms with Gasteiger partial charge in [0.1, 0.15) is 0 Å². The maximum absolute atomic E-state index is 13.1. The fourth-order valence-electron chi connectivity index (χ4n) is 2.47. The van der Waals surface area contributed by atoms with Crippen molar-refractivity contribution in [2.45, 2.75) is 38.5 Å². The third kappa shape index (κ3) is 3.22. The van der Waals surface area contributed by atoms with Gasteiger partial charge in [0, 0.05) is 54.1 Å². The van der Waals surface area contributed by atoms with Crippen LogP contribution >= 0.6 is 0 Å². The van der Waals surface area contributed by atoms with Crippen molar-refractivity contribution in [1.82, 2.24) is 14.9 Å². The zero-order valence-corrected chi connectivity index (χ0v) is 12.3. The molecule has 1 aliphatic rings. The van der Waals surface area contributed by atoms with Gasteiger partial charge in [0.2, 0.25) is 5.82 Å². The lowest BCUT2D eigenvalue weighted by molar-refractivity contribution is -0.148. The van der Waals surface area contributed by atoms with Crippen LogP contribution in [-0.4, -0.2) is 32.3 Å². The molecule has 2 heterocycles. The molecule has 0 saturated carbocycles. The maximum Gasteiger partial charge on any atom is 0.449 e. The number of halogens is 3. The molecule has 1 N–H and O–H groups in total. The van der Waals surface area contributed by atoms with Crippen molar-refractivity contribution < 1.29 is 17.4 Å². The van der Waals surface area contributed by atoms with E-state index in [4.69, 9.17) is 0 Å². The summed E-state index contributed by atoms with van der Waals surface area (Å²) in [6, 6.07) is -0.357. The molecule has 2 atom stereocenters. The van der Waals surface area contributed by atoms with Gasteiger partial charge in [-0.15, -0.1) is 0 Å². The first kappa shape index (κ1) is 15.5. The lowest BCUT2D eigenvalue weighted by atomic mass is 10.1.